The van der Waals surface area contributed by atoms with E-state index >= 15 is 4.39 Å². The first-order valence-corrected chi connectivity index (χ1v) is 13.9. The van der Waals surface area contributed by atoms with Crippen molar-refractivity contribution in [3.05, 3.63) is 86.8 Å². The Morgan fingerprint density at radius 3 is 2.67 bits per heavy atom. The lowest BCUT2D eigenvalue weighted by molar-refractivity contribution is 0.0827. The Balaban J connectivity index is 1.21. The van der Waals surface area contributed by atoms with E-state index in [-0.39, 0.29) is 23.2 Å². The Hall–Kier alpha value is -3.98. The highest BCUT2D eigenvalue weighted by Gasteiger charge is 2.27. The average molecular weight is 543 g/mol. The number of fused-ring (bicyclic) bond motifs is 2. The van der Waals surface area contributed by atoms with Crippen molar-refractivity contribution >= 4 is 22.6 Å². The van der Waals surface area contributed by atoms with Crippen LogP contribution in [0, 0.1) is 12.7 Å². The van der Waals surface area contributed by atoms with E-state index in [9.17, 15) is 9.59 Å². The van der Waals surface area contributed by atoms with Crippen molar-refractivity contribution in [2.75, 3.05) is 39.0 Å². The monoisotopic (exact) mass is 542 g/mol. The van der Waals surface area contributed by atoms with Crippen molar-refractivity contribution in [3.8, 4) is 5.69 Å². The van der Waals surface area contributed by atoms with Crippen LogP contribution in [0.25, 0.3) is 16.7 Å². The van der Waals surface area contributed by atoms with E-state index < -0.39 is 0 Å². The number of nitrogens with one attached hydrogen (secondary N) is 1. The van der Waals surface area contributed by atoms with Crippen molar-refractivity contribution in [1.82, 2.24) is 23.9 Å². The molecule has 6 rings (SSSR count). The number of nitrogens with zero attached hydrogens (tertiary/aromatic N) is 5. The number of pyridine rings is 2. The third-order valence-electron chi connectivity index (χ3n) is 8.52. The highest BCUT2D eigenvalue weighted by atomic mass is 19.1. The van der Waals surface area contributed by atoms with Gasteiger partial charge in [0.2, 0.25) is 0 Å². The topological polar surface area (TPSA) is 75.4 Å². The van der Waals surface area contributed by atoms with E-state index in [0.29, 0.717) is 5.56 Å². The lowest BCUT2D eigenvalue weighted by Gasteiger charge is -2.33. The zero-order chi connectivity index (χ0) is 28.1. The van der Waals surface area contributed by atoms with Gasteiger partial charge in [-0.1, -0.05) is 0 Å². The number of aryl methyl sites for hydroxylation is 2. The molecule has 0 spiro atoms. The summed E-state index contributed by atoms with van der Waals surface area (Å²) in [5, 5.41) is 4.23. The van der Waals surface area contributed by atoms with Crippen LogP contribution in [-0.2, 0) is 20.0 Å². The van der Waals surface area contributed by atoms with Gasteiger partial charge in [0.25, 0.3) is 11.5 Å². The van der Waals surface area contributed by atoms with E-state index in [4.69, 9.17) is 0 Å². The van der Waals surface area contributed by atoms with Gasteiger partial charge >= 0.3 is 0 Å². The maximum atomic E-state index is 15.2. The minimum atomic E-state index is -0.284. The number of piperidine rings is 1. The summed E-state index contributed by atoms with van der Waals surface area (Å²) in [6.45, 7) is 5.14. The molecule has 40 heavy (non-hydrogen) atoms. The molecule has 8 nitrogen and oxygen atoms in total. The van der Waals surface area contributed by atoms with Gasteiger partial charge in [-0.15, -0.1) is 0 Å². The number of benzene rings is 1. The molecule has 1 fully saturated rings. The molecule has 0 aliphatic carbocycles. The molecule has 208 valence electrons. The van der Waals surface area contributed by atoms with E-state index in [0.717, 1.165) is 90.2 Å². The Labute approximate surface area is 233 Å². The van der Waals surface area contributed by atoms with Crippen LogP contribution in [0.2, 0.25) is 0 Å². The first-order chi connectivity index (χ1) is 19.2. The molecular formula is C31H35FN6O2. The molecule has 3 aromatic heterocycles. The van der Waals surface area contributed by atoms with Crippen LogP contribution in [0.15, 0.2) is 47.5 Å². The van der Waals surface area contributed by atoms with Gasteiger partial charge in [0.15, 0.2) is 0 Å². The Kier molecular flexibility index (Phi) is 6.70. The first-order valence-electron chi connectivity index (χ1n) is 13.9. The summed E-state index contributed by atoms with van der Waals surface area (Å²) in [6, 6.07) is 9.23. The number of amides is 1. The summed E-state index contributed by atoms with van der Waals surface area (Å²) in [5.41, 5.74) is 6.56. The third kappa shape index (κ3) is 4.48. The number of hydrogen-bond donors (Lipinski definition) is 1. The fourth-order valence-corrected chi connectivity index (χ4v) is 6.38. The first kappa shape index (κ1) is 26.3. The number of likely N-dealkylation sites (tertiary alicyclic amines) is 1. The SMILES string of the molecule is Cc1cc(C(=O)N(C)C)cc(F)c1C1CCN(Cc2cc3c(-n4ccc5c(c4=O)CCN5)ccnc3n2C)CC1. The number of halogens is 1. The third-order valence-corrected chi connectivity index (χ3v) is 8.52. The minimum Gasteiger partial charge on any atom is -0.384 e. The maximum absolute atomic E-state index is 15.2. The van der Waals surface area contributed by atoms with Crippen LogP contribution in [-0.4, -0.2) is 63.6 Å². The lowest BCUT2D eigenvalue weighted by Crippen LogP contribution is -2.33. The summed E-state index contributed by atoms with van der Waals surface area (Å²) >= 11 is 0. The van der Waals surface area contributed by atoms with Gasteiger partial charge in [-0.05, 0) is 86.7 Å². The number of hydrogen-bond acceptors (Lipinski definition) is 5. The van der Waals surface area contributed by atoms with Crippen LogP contribution in [0.5, 0.6) is 0 Å². The summed E-state index contributed by atoms with van der Waals surface area (Å²) in [4.78, 5) is 34.1. The molecular weight excluding hydrogens is 507 g/mol. The van der Waals surface area contributed by atoms with Crippen molar-refractivity contribution in [1.29, 1.82) is 0 Å². The second-order valence-electron chi connectivity index (χ2n) is 11.3. The van der Waals surface area contributed by atoms with E-state index in [1.807, 2.05) is 38.4 Å². The highest BCUT2D eigenvalue weighted by molar-refractivity contribution is 5.94. The fraction of sp³-hybridized carbons (Fsp3) is 0.387. The zero-order valence-corrected chi connectivity index (χ0v) is 23.5. The molecule has 1 N–H and O–H groups in total. The molecule has 1 aromatic carbocycles. The number of aromatic nitrogens is 3. The normalized spacial score (nSPS) is 15.8. The predicted octanol–water partition coefficient (Wildman–Crippen LogP) is 4.22. The summed E-state index contributed by atoms with van der Waals surface area (Å²) in [7, 11) is 5.37. The Bertz CT molecular complexity index is 1660. The number of carbonyl (C=O) groups is 1. The molecule has 1 amide bonds. The largest absolute Gasteiger partial charge is 0.384 e. The highest BCUT2D eigenvalue weighted by Crippen LogP contribution is 2.34. The summed E-state index contributed by atoms with van der Waals surface area (Å²) < 4.78 is 19.0. The molecule has 1 saturated heterocycles. The molecule has 0 saturated carbocycles. The van der Waals surface area contributed by atoms with Crippen molar-refractivity contribution in [2.24, 2.45) is 7.05 Å². The van der Waals surface area contributed by atoms with Gasteiger partial charge in [-0.2, -0.15) is 0 Å². The van der Waals surface area contributed by atoms with Gasteiger partial charge in [-0.3, -0.25) is 19.1 Å². The second-order valence-corrected chi connectivity index (χ2v) is 11.3. The van der Waals surface area contributed by atoms with Gasteiger partial charge in [0, 0.05) is 74.5 Å². The Morgan fingerprint density at radius 2 is 1.95 bits per heavy atom. The molecule has 9 heteroatoms. The van der Waals surface area contributed by atoms with Gasteiger partial charge in [-0.25, -0.2) is 9.37 Å². The predicted molar refractivity (Wildman–Crippen MR) is 155 cm³/mol. The van der Waals surface area contributed by atoms with Crippen LogP contribution < -0.4 is 10.9 Å². The van der Waals surface area contributed by atoms with Crippen LogP contribution in [0.1, 0.15) is 51.5 Å². The number of carbonyl (C=O) groups excluding carboxylic acids is 1. The number of anilines is 1. The molecule has 0 bridgehead atoms. The molecule has 0 radical (unpaired) electrons. The second kappa shape index (κ2) is 10.2. The van der Waals surface area contributed by atoms with Crippen molar-refractivity contribution < 1.29 is 9.18 Å². The molecule has 2 aliphatic heterocycles. The van der Waals surface area contributed by atoms with Gasteiger partial charge in [0.1, 0.15) is 11.5 Å². The van der Waals surface area contributed by atoms with Crippen molar-refractivity contribution in [2.45, 2.75) is 38.6 Å². The van der Waals surface area contributed by atoms with Gasteiger partial charge < -0.3 is 14.8 Å². The molecule has 4 aromatic rings. The standard InChI is InChI=1S/C31H35FN6O2/c1-19-15-21(30(39)35(2)3)16-25(32)28(19)20-7-12-37(13-8-20)18-22-17-24-27(6-11-34-29(24)36(22)4)38-14-9-26-23(31(38)40)5-10-33-26/h6,9,11,14-17,20,33H,5,7-8,10,12-13,18H2,1-4H3. The smallest absolute Gasteiger partial charge is 0.260 e. The van der Waals surface area contributed by atoms with E-state index in [2.05, 4.69) is 25.8 Å². The molecule has 0 atom stereocenters. The average Bonchev–Trinajstić information content (AvgIpc) is 3.54. The van der Waals surface area contributed by atoms with Gasteiger partial charge in [0.05, 0.1) is 5.69 Å². The quantitative estimate of drug-likeness (QED) is 0.409. The maximum Gasteiger partial charge on any atom is 0.260 e. The van der Waals surface area contributed by atoms with E-state index in [1.165, 1.54) is 11.0 Å². The summed E-state index contributed by atoms with van der Waals surface area (Å²) in [5.74, 6) is -0.343. The molecule has 5 heterocycles. The molecule has 0 unspecified atom stereocenters. The zero-order valence-electron chi connectivity index (χ0n) is 23.5. The fourth-order valence-electron chi connectivity index (χ4n) is 6.38. The van der Waals surface area contributed by atoms with E-state index in [1.54, 1.807) is 24.9 Å². The molecule has 2 aliphatic rings. The van der Waals surface area contributed by atoms with Crippen LogP contribution >= 0.6 is 0 Å². The summed E-state index contributed by atoms with van der Waals surface area (Å²) in [6.07, 6.45) is 6.05. The Morgan fingerprint density at radius 1 is 1.18 bits per heavy atom. The van der Waals surface area contributed by atoms with Crippen LogP contribution in [0.4, 0.5) is 10.1 Å². The lowest BCUT2D eigenvalue weighted by atomic mass is 9.85. The van der Waals surface area contributed by atoms with Crippen LogP contribution in [0.3, 0.4) is 0 Å². The number of rotatable bonds is 5. The van der Waals surface area contributed by atoms with Crippen molar-refractivity contribution in [3.63, 3.8) is 0 Å². The minimum absolute atomic E-state index is 0.0177.